The number of hydrogen-bond donors (Lipinski definition) is 2. The fraction of sp³-hybridized carbons (Fsp3) is 0.500. The second-order valence-corrected chi connectivity index (χ2v) is 10.2. The van der Waals surface area contributed by atoms with E-state index in [-0.39, 0.29) is 29.2 Å². The van der Waals surface area contributed by atoms with Crippen molar-refractivity contribution in [3.05, 3.63) is 53.1 Å². The minimum Gasteiger partial charge on any atom is -0.504 e. The molecule has 1 fully saturated rings. The Labute approximate surface area is 209 Å². The highest BCUT2D eigenvalue weighted by molar-refractivity contribution is 14.1. The molecule has 0 aromatic heterocycles. The van der Waals surface area contributed by atoms with Crippen molar-refractivity contribution in [2.24, 2.45) is 5.92 Å². The van der Waals surface area contributed by atoms with Crippen LogP contribution in [-0.2, 0) is 21.1 Å². The molecule has 4 rings (SSSR count). The van der Waals surface area contributed by atoms with Gasteiger partial charge in [0.25, 0.3) is 0 Å². The first kappa shape index (κ1) is 24.1. The van der Waals surface area contributed by atoms with Gasteiger partial charge in [0.05, 0.1) is 19.6 Å². The average molecular weight is 564 g/mol. The van der Waals surface area contributed by atoms with E-state index >= 15 is 0 Å². The molecule has 33 heavy (non-hydrogen) atoms. The maximum absolute atomic E-state index is 12.9. The second-order valence-electron chi connectivity index (χ2n) is 9.45. The van der Waals surface area contributed by atoms with Crippen LogP contribution in [0.4, 0.5) is 0 Å². The monoisotopic (exact) mass is 564 g/mol. The number of nitrogens with one attached hydrogen (secondary N) is 1. The van der Waals surface area contributed by atoms with Crippen molar-refractivity contribution in [2.75, 3.05) is 27.2 Å². The molecule has 2 heterocycles. The number of phenols is 1. The van der Waals surface area contributed by atoms with Crippen LogP contribution in [0.25, 0.3) is 0 Å². The number of amides is 1. The molecule has 0 radical (unpaired) electrons. The van der Waals surface area contributed by atoms with Crippen LogP contribution in [0.3, 0.4) is 0 Å². The smallest absolute Gasteiger partial charge is 0.224 e. The molecular weight excluding hydrogens is 531 g/mol. The van der Waals surface area contributed by atoms with E-state index in [2.05, 4.69) is 46.8 Å². The minimum atomic E-state index is -0.256. The summed E-state index contributed by atoms with van der Waals surface area (Å²) in [5.74, 6) is 1.83. The third-order valence-corrected chi connectivity index (χ3v) is 8.15. The van der Waals surface area contributed by atoms with Crippen LogP contribution >= 0.6 is 22.6 Å². The number of piperidine rings is 1. The summed E-state index contributed by atoms with van der Waals surface area (Å²) in [5, 5.41) is 13.9. The van der Waals surface area contributed by atoms with Crippen molar-refractivity contribution >= 4 is 28.5 Å². The van der Waals surface area contributed by atoms with Gasteiger partial charge in [0.1, 0.15) is 11.9 Å². The first-order chi connectivity index (χ1) is 15.8. The molecule has 178 valence electrons. The average Bonchev–Trinajstić information content (AvgIpc) is 3.14. The molecule has 6 nitrogen and oxygen atoms in total. The minimum absolute atomic E-state index is 0.0405. The number of carbonyl (C=O) groups excluding carboxylic acids is 1. The summed E-state index contributed by atoms with van der Waals surface area (Å²) >= 11 is 2.38. The zero-order valence-electron chi connectivity index (χ0n) is 19.7. The number of fused-ring (bicyclic) bond motifs is 2. The topological polar surface area (TPSA) is 71.0 Å². The van der Waals surface area contributed by atoms with Crippen LogP contribution in [0.15, 0.2) is 36.4 Å². The standard InChI is InChI=1S/C26H33IN2O4/c1-16-15-29(3)12-11-26(16)23-19(14-27)7-10-21(30)24(23)33-25(26)17(2)28-22(31)13-18-5-8-20(32-4)9-6-18/h5-10,16-17,25,30H,11-15H2,1-4H3,(H,28,31). The number of methoxy groups -OCH3 is 1. The fourth-order valence-corrected chi connectivity index (χ4v) is 6.36. The Hall–Kier alpha value is -2.00. The van der Waals surface area contributed by atoms with Crippen LogP contribution in [0.1, 0.15) is 37.0 Å². The fourth-order valence-electron chi connectivity index (χ4n) is 5.72. The number of phenolic OH excluding ortho intramolecular Hbond substituents is 1. The summed E-state index contributed by atoms with van der Waals surface area (Å²) < 4.78 is 12.6. The molecule has 2 aliphatic heterocycles. The van der Waals surface area contributed by atoms with E-state index in [1.165, 1.54) is 5.56 Å². The molecule has 2 N–H and O–H groups in total. The maximum atomic E-state index is 12.9. The van der Waals surface area contributed by atoms with E-state index < -0.39 is 0 Å². The number of carbonyl (C=O) groups is 1. The van der Waals surface area contributed by atoms with Crippen molar-refractivity contribution in [1.82, 2.24) is 10.2 Å². The molecule has 0 bridgehead atoms. The van der Waals surface area contributed by atoms with E-state index in [4.69, 9.17) is 9.47 Å². The third kappa shape index (κ3) is 4.41. The van der Waals surface area contributed by atoms with Crippen LogP contribution in [0.2, 0.25) is 0 Å². The van der Waals surface area contributed by atoms with Crippen LogP contribution < -0.4 is 14.8 Å². The van der Waals surface area contributed by atoms with Gasteiger partial charge >= 0.3 is 0 Å². The number of ether oxygens (including phenoxy) is 2. The van der Waals surface area contributed by atoms with Crippen molar-refractivity contribution in [3.63, 3.8) is 0 Å². The number of halogens is 1. The van der Waals surface area contributed by atoms with E-state index in [1.807, 2.05) is 37.3 Å². The van der Waals surface area contributed by atoms with Crippen molar-refractivity contribution in [2.45, 2.75) is 48.7 Å². The number of alkyl halides is 1. The number of likely N-dealkylation sites (tertiary alicyclic amines) is 1. The number of hydrogen-bond acceptors (Lipinski definition) is 5. The molecule has 2 aliphatic rings. The first-order valence-electron chi connectivity index (χ1n) is 11.5. The Morgan fingerprint density at radius 3 is 2.70 bits per heavy atom. The van der Waals surface area contributed by atoms with Gasteiger partial charge in [0.2, 0.25) is 5.91 Å². The lowest BCUT2D eigenvalue weighted by molar-refractivity contribution is -0.122. The molecule has 1 amide bonds. The Kier molecular flexibility index (Phi) is 7.09. The van der Waals surface area contributed by atoms with E-state index in [0.29, 0.717) is 18.1 Å². The van der Waals surface area contributed by atoms with Gasteiger partial charge in [-0.05, 0) is 62.2 Å². The molecule has 1 spiro atoms. The summed E-state index contributed by atoms with van der Waals surface area (Å²) in [6, 6.07) is 11.1. The molecule has 4 unspecified atom stereocenters. The van der Waals surface area contributed by atoms with Gasteiger partial charge in [0, 0.05) is 22.0 Å². The van der Waals surface area contributed by atoms with Crippen LogP contribution in [-0.4, -0.2) is 55.3 Å². The highest BCUT2D eigenvalue weighted by Crippen LogP contribution is 2.56. The van der Waals surface area contributed by atoms with Gasteiger partial charge in [-0.2, -0.15) is 0 Å². The summed E-state index contributed by atoms with van der Waals surface area (Å²) in [4.78, 5) is 15.3. The molecule has 1 saturated heterocycles. The molecule has 2 aromatic rings. The number of aromatic hydroxyl groups is 1. The normalized spacial score (nSPS) is 25.4. The molecule has 0 saturated carbocycles. The van der Waals surface area contributed by atoms with Crippen LogP contribution in [0.5, 0.6) is 17.2 Å². The Morgan fingerprint density at radius 2 is 2.06 bits per heavy atom. The molecule has 7 heteroatoms. The highest BCUT2D eigenvalue weighted by Gasteiger charge is 2.57. The van der Waals surface area contributed by atoms with E-state index in [0.717, 1.165) is 40.8 Å². The number of rotatable bonds is 6. The van der Waals surface area contributed by atoms with Gasteiger partial charge in [-0.25, -0.2) is 0 Å². The highest BCUT2D eigenvalue weighted by atomic mass is 127. The summed E-state index contributed by atoms with van der Waals surface area (Å²) in [6.45, 7) is 6.19. The van der Waals surface area contributed by atoms with Crippen molar-refractivity contribution in [1.29, 1.82) is 0 Å². The Morgan fingerprint density at radius 1 is 1.33 bits per heavy atom. The Bertz CT molecular complexity index is 1010. The number of benzene rings is 2. The molecule has 0 aliphatic carbocycles. The largest absolute Gasteiger partial charge is 0.504 e. The zero-order chi connectivity index (χ0) is 23.8. The van der Waals surface area contributed by atoms with Crippen LogP contribution in [0, 0.1) is 5.92 Å². The van der Waals surface area contributed by atoms with Gasteiger partial charge < -0.3 is 24.8 Å². The summed E-state index contributed by atoms with van der Waals surface area (Å²) in [7, 11) is 3.78. The third-order valence-electron chi connectivity index (χ3n) is 7.32. The lowest BCUT2D eigenvalue weighted by Crippen LogP contribution is -2.59. The Balaban J connectivity index is 1.61. The second kappa shape index (κ2) is 9.70. The van der Waals surface area contributed by atoms with Gasteiger partial charge in [-0.15, -0.1) is 0 Å². The van der Waals surface area contributed by atoms with Crippen molar-refractivity contribution in [3.8, 4) is 17.2 Å². The summed E-state index contributed by atoms with van der Waals surface area (Å²) in [5.41, 5.74) is 3.02. The number of nitrogens with zero attached hydrogens (tertiary/aromatic N) is 1. The first-order valence-corrected chi connectivity index (χ1v) is 13.0. The predicted molar refractivity (Wildman–Crippen MR) is 138 cm³/mol. The lowest BCUT2D eigenvalue weighted by Gasteiger charge is -2.48. The van der Waals surface area contributed by atoms with Gasteiger partial charge in [0.15, 0.2) is 11.5 Å². The van der Waals surface area contributed by atoms with Crippen molar-refractivity contribution < 1.29 is 19.4 Å². The maximum Gasteiger partial charge on any atom is 0.224 e. The zero-order valence-corrected chi connectivity index (χ0v) is 21.9. The molecule has 2 aromatic carbocycles. The quantitative estimate of drug-likeness (QED) is 0.410. The SMILES string of the molecule is COc1ccc(CC(=O)NC(C)C2Oc3c(O)ccc(CI)c3C23CCN(C)CC3C)cc1. The molecular formula is C26H33IN2O4. The lowest BCUT2D eigenvalue weighted by atomic mass is 9.62. The molecule has 4 atom stereocenters. The predicted octanol–water partition coefficient (Wildman–Crippen LogP) is 4.05. The van der Waals surface area contributed by atoms with E-state index in [1.54, 1.807) is 13.2 Å². The van der Waals surface area contributed by atoms with Gasteiger partial charge in [-0.3, -0.25) is 4.79 Å². The van der Waals surface area contributed by atoms with Gasteiger partial charge in [-0.1, -0.05) is 47.7 Å². The summed E-state index contributed by atoms with van der Waals surface area (Å²) in [6.07, 6.45) is 0.975. The van der Waals surface area contributed by atoms with E-state index in [9.17, 15) is 9.90 Å².